The lowest BCUT2D eigenvalue weighted by molar-refractivity contribution is -0.0192. The summed E-state index contributed by atoms with van der Waals surface area (Å²) in [6.07, 6.45) is 0.214. The fourth-order valence-electron chi connectivity index (χ4n) is 2.40. The Morgan fingerprint density at radius 1 is 1.06 bits per heavy atom. The second-order valence-corrected chi connectivity index (χ2v) is 4.59. The molecule has 0 N–H and O–H groups in total. The summed E-state index contributed by atoms with van der Waals surface area (Å²) in [7, 11) is 0. The maximum atomic E-state index is 13.4. The maximum absolute atomic E-state index is 13.4. The van der Waals surface area contributed by atoms with E-state index >= 15 is 0 Å². The van der Waals surface area contributed by atoms with Crippen LogP contribution in [-0.4, -0.2) is 12.8 Å². The molecule has 0 aliphatic carbocycles. The van der Waals surface area contributed by atoms with Crippen molar-refractivity contribution < 1.29 is 9.13 Å². The Balaban J connectivity index is 1.94. The molecule has 0 radical (unpaired) electrons. The Kier molecular flexibility index (Phi) is 2.81. The predicted octanol–water partition coefficient (Wildman–Crippen LogP) is 4.03. The van der Waals surface area contributed by atoms with Crippen molar-refractivity contribution in [2.45, 2.75) is 25.1 Å². The Hall–Kier alpha value is -1.41. The minimum Gasteiger partial charge on any atom is -0.373 e. The van der Waals surface area contributed by atoms with Crippen molar-refractivity contribution in [3.63, 3.8) is 0 Å². The van der Waals surface area contributed by atoms with Gasteiger partial charge in [0, 0.05) is 12.8 Å². The summed E-state index contributed by atoms with van der Waals surface area (Å²) >= 11 is 0. The molecule has 3 rings (SSSR count). The first-order chi connectivity index (χ1) is 8.33. The van der Waals surface area contributed by atoms with E-state index in [4.69, 9.17) is 4.74 Å². The number of hydrogen-bond acceptors (Lipinski definition) is 1. The monoisotopic (exact) mass is 230 g/mol. The fraction of sp³-hybridized carbons (Fsp3) is 0.333. The van der Waals surface area contributed by atoms with Gasteiger partial charge in [0.1, 0.15) is 6.17 Å². The van der Waals surface area contributed by atoms with Gasteiger partial charge in [0.15, 0.2) is 0 Å². The van der Waals surface area contributed by atoms with E-state index in [1.807, 2.05) is 18.2 Å². The standard InChI is InChI=1S/C15H15FO/c16-14-7-8-17-15(10-14)13-6-5-11-3-1-2-4-12(11)9-13/h1-6,9,14-15H,7-8,10H2/t14-,15+/m1/s1. The summed E-state index contributed by atoms with van der Waals surface area (Å²) in [5.41, 5.74) is 1.09. The molecule has 88 valence electrons. The van der Waals surface area contributed by atoms with Crippen LogP contribution in [0.4, 0.5) is 4.39 Å². The molecule has 0 spiro atoms. The Bertz CT molecular complexity index is 523. The number of alkyl halides is 1. The molecule has 1 aliphatic heterocycles. The van der Waals surface area contributed by atoms with E-state index in [0.29, 0.717) is 19.4 Å². The van der Waals surface area contributed by atoms with Crippen molar-refractivity contribution in [1.82, 2.24) is 0 Å². The number of ether oxygens (including phenoxy) is 1. The van der Waals surface area contributed by atoms with Gasteiger partial charge in [-0.3, -0.25) is 0 Å². The van der Waals surface area contributed by atoms with Gasteiger partial charge >= 0.3 is 0 Å². The summed E-state index contributed by atoms with van der Waals surface area (Å²) in [5.74, 6) is 0. The van der Waals surface area contributed by atoms with Gasteiger partial charge in [0.2, 0.25) is 0 Å². The van der Waals surface area contributed by atoms with E-state index in [1.54, 1.807) is 0 Å². The molecule has 1 fully saturated rings. The minimum absolute atomic E-state index is 0.0802. The molecule has 1 aliphatic rings. The highest BCUT2D eigenvalue weighted by molar-refractivity contribution is 5.83. The molecule has 0 bridgehead atoms. The zero-order chi connectivity index (χ0) is 11.7. The highest BCUT2D eigenvalue weighted by Gasteiger charge is 2.23. The van der Waals surface area contributed by atoms with Gasteiger partial charge in [-0.15, -0.1) is 0 Å². The third-order valence-electron chi connectivity index (χ3n) is 3.37. The van der Waals surface area contributed by atoms with Crippen LogP contribution in [0.3, 0.4) is 0 Å². The highest BCUT2D eigenvalue weighted by atomic mass is 19.1. The van der Waals surface area contributed by atoms with Gasteiger partial charge < -0.3 is 4.74 Å². The van der Waals surface area contributed by atoms with E-state index in [0.717, 1.165) is 5.56 Å². The van der Waals surface area contributed by atoms with Gasteiger partial charge in [-0.05, 0) is 22.4 Å². The van der Waals surface area contributed by atoms with Crippen LogP contribution in [0.25, 0.3) is 10.8 Å². The number of fused-ring (bicyclic) bond motifs is 1. The number of hydrogen-bond donors (Lipinski definition) is 0. The summed E-state index contributed by atoms with van der Waals surface area (Å²) in [6, 6.07) is 14.4. The molecule has 0 unspecified atom stereocenters. The zero-order valence-corrected chi connectivity index (χ0v) is 9.60. The lowest BCUT2D eigenvalue weighted by atomic mass is 9.98. The average Bonchev–Trinajstić information content (AvgIpc) is 2.38. The van der Waals surface area contributed by atoms with Gasteiger partial charge in [0.05, 0.1) is 12.7 Å². The van der Waals surface area contributed by atoms with Crippen molar-refractivity contribution >= 4 is 10.8 Å². The Morgan fingerprint density at radius 2 is 1.88 bits per heavy atom. The predicted molar refractivity (Wildman–Crippen MR) is 66.8 cm³/mol. The van der Waals surface area contributed by atoms with Crippen LogP contribution < -0.4 is 0 Å². The van der Waals surface area contributed by atoms with Crippen LogP contribution in [0.2, 0.25) is 0 Å². The second-order valence-electron chi connectivity index (χ2n) is 4.59. The third-order valence-corrected chi connectivity index (χ3v) is 3.37. The lowest BCUT2D eigenvalue weighted by Crippen LogP contribution is -2.20. The fourth-order valence-corrected chi connectivity index (χ4v) is 2.40. The van der Waals surface area contributed by atoms with Crippen molar-refractivity contribution in [2.24, 2.45) is 0 Å². The van der Waals surface area contributed by atoms with Gasteiger partial charge in [-0.1, -0.05) is 36.4 Å². The number of halogens is 1. The quantitative estimate of drug-likeness (QED) is 0.718. The first-order valence-electron chi connectivity index (χ1n) is 6.07. The molecular weight excluding hydrogens is 215 g/mol. The first kappa shape index (κ1) is 10.7. The molecule has 0 amide bonds. The lowest BCUT2D eigenvalue weighted by Gasteiger charge is -2.25. The molecular formula is C15H15FO. The van der Waals surface area contributed by atoms with Crippen LogP contribution in [0.5, 0.6) is 0 Å². The van der Waals surface area contributed by atoms with E-state index in [2.05, 4.69) is 24.3 Å². The van der Waals surface area contributed by atoms with Gasteiger partial charge in [0.25, 0.3) is 0 Å². The topological polar surface area (TPSA) is 9.23 Å². The molecule has 1 saturated heterocycles. The van der Waals surface area contributed by atoms with Crippen LogP contribution in [-0.2, 0) is 4.74 Å². The maximum Gasteiger partial charge on any atom is 0.105 e. The summed E-state index contributed by atoms with van der Waals surface area (Å²) in [4.78, 5) is 0. The van der Waals surface area contributed by atoms with Crippen molar-refractivity contribution in [3.05, 3.63) is 48.0 Å². The van der Waals surface area contributed by atoms with Crippen LogP contribution in [0, 0.1) is 0 Å². The molecule has 2 aromatic rings. The average molecular weight is 230 g/mol. The van der Waals surface area contributed by atoms with Crippen molar-refractivity contribution in [2.75, 3.05) is 6.61 Å². The first-order valence-corrected chi connectivity index (χ1v) is 6.07. The van der Waals surface area contributed by atoms with Crippen LogP contribution in [0.1, 0.15) is 24.5 Å². The van der Waals surface area contributed by atoms with Gasteiger partial charge in [-0.25, -0.2) is 4.39 Å². The van der Waals surface area contributed by atoms with Crippen LogP contribution in [0.15, 0.2) is 42.5 Å². The third kappa shape index (κ3) is 2.18. The molecule has 2 atom stereocenters. The molecule has 0 aromatic heterocycles. The van der Waals surface area contributed by atoms with E-state index < -0.39 is 6.17 Å². The Morgan fingerprint density at radius 3 is 2.71 bits per heavy atom. The van der Waals surface area contributed by atoms with Crippen molar-refractivity contribution in [1.29, 1.82) is 0 Å². The van der Waals surface area contributed by atoms with E-state index in [-0.39, 0.29) is 6.10 Å². The number of rotatable bonds is 1. The summed E-state index contributed by atoms with van der Waals surface area (Å²) < 4.78 is 19.0. The molecule has 1 nitrogen and oxygen atoms in total. The summed E-state index contributed by atoms with van der Waals surface area (Å²) in [6.45, 7) is 0.526. The van der Waals surface area contributed by atoms with E-state index in [9.17, 15) is 4.39 Å². The molecule has 2 aromatic carbocycles. The highest BCUT2D eigenvalue weighted by Crippen LogP contribution is 2.31. The zero-order valence-electron chi connectivity index (χ0n) is 9.60. The molecule has 0 saturated carbocycles. The van der Waals surface area contributed by atoms with Crippen LogP contribution >= 0.6 is 0 Å². The van der Waals surface area contributed by atoms with E-state index in [1.165, 1.54) is 10.8 Å². The molecule has 1 heterocycles. The largest absolute Gasteiger partial charge is 0.373 e. The molecule has 2 heteroatoms. The normalized spacial score (nSPS) is 25.0. The number of benzene rings is 2. The minimum atomic E-state index is -0.722. The summed E-state index contributed by atoms with van der Waals surface area (Å²) in [5, 5.41) is 2.40. The smallest absolute Gasteiger partial charge is 0.105 e. The molecule has 17 heavy (non-hydrogen) atoms. The van der Waals surface area contributed by atoms with Crippen molar-refractivity contribution in [3.8, 4) is 0 Å². The SMILES string of the molecule is F[C@@H]1CCO[C@H](c2ccc3ccccc3c2)C1. The second kappa shape index (κ2) is 4.46. The van der Waals surface area contributed by atoms with Gasteiger partial charge in [-0.2, -0.15) is 0 Å². The Labute approximate surface area is 100 Å².